The van der Waals surface area contributed by atoms with E-state index in [4.69, 9.17) is 15.0 Å². The Balaban J connectivity index is 2.01. The second-order valence-corrected chi connectivity index (χ2v) is 6.24. The molecule has 3 unspecified atom stereocenters. The lowest BCUT2D eigenvalue weighted by Gasteiger charge is -2.33. The number of hydrogen-bond donors (Lipinski definition) is 1. The molecule has 0 radical (unpaired) electrons. The van der Waals surface area contributed by atoms with Crippen LogP contribution in [0.3, 0.4) is 0 Å². The monoisotopic (exact) mass is 383 g/mol. The van der Waals surface area contributed by atoms with E-state index in [1.807, 2.05) is 30.3 Å². The normalized spacial score (nSPS) is 23.7. The second kappa shape index (κ2) is 9.90. The Bertz CT molecular complexity index is 511. The molecule has 126 valence electrons. The van der Waals surface area contributed by atoms with Gasteiger partial charge in [-0.2, -0.15) is 0 Å². The highest BCUT2D eigenvalue weighted by Crippen LogP contribution is 2.23. The number of halogens is 1. The zero-order chi connectivity index (χ0) is 16.5. The molecule has 1 aliphatic heterocycles. The quantitative estimate of drug-likeness (QED) is 0.322. The zero-order valence-electron chi connectivity index (χ0n) is 12.9. The number of nitrogens with zero attached hydrogens (tertiary/aromatic N) is 3. The first-order valence-corrected chi connectivity index (χ1v) is 8.94. The maximum atomic E-state index is 9.23. The number of ether oxygens (including phenoxy) is 2. The van der Waals surface area contributed by atoms with Gasteiger partial charge in [-0.3, -0.25) is 0 Å². The molecule has 23 heavy (non-hydrogen) atoms. The molecule has 0 bridgehead atoms. The Hall–Kier alpha value is -1.11. The molecule has 1 N–H and O–H groups in total. The van der Waals surface area contributed by atoms with Crippen LogP contribution in [0, 0.1) is 0 Å². The summed E-state index contributed by atoms with van der Waals surface area (Å²) in [5.41, 5.74) is 9.96. The van der Waals surface area contributed by atoms with E-state index < -0.39 is 0 Å². The maximum absolute atomic E-state index is 9.23. The molecule has 1 fully saturated rings. The van der Waals surface area contributed by atoms with Crippen LogP contribution in [0.25, 0.3) is 10.4 Å². The van der Waals surface area contributed by atoms with Crippen molar-refractivity contribution in [1.29, 1.82) is 0 Å². The molecule has 2 rings (SSSR count). The molecule has 0 aliphatic carbocycles. The average molecular weight is 384 g/mol. The van der Waals surface area contributed by atoms with Crippen molar-refractivity contribution < 1.29 is 14.6 Å². The predicted octanol–water partition coefficient (Wildman–Crippen LogP) is 3.58. The van der Waals surface area contributed by atoms with Gasteiger partial charge in [-0.25, -0.2) is 0 Å². The fraction of sp³-hybridized carbons (Fsp3) is 0.625. The molecular weight excluding hydrogens is 362 g/mol. The summed E-state index contributed by atoms with van der Waals surface area (Å²) < 4.78 is 11.7. The molecule has 4 atom stereocenters. The molecule has 1 aromatic carbocycles. The summed E-state index contributed by atoms with van der Waals surface area (Å²) in [6, 6.07) is 9.56. The van der Waals surface area contributed by atoms with Gasteiger partial charge in [0, 0.05) is 10.2 Å². The van der Waals surface area contributed by atoms with E-state index in [9.17, 15) is 5.11 Å². The Morgan fingerprint density at radius 2 is 2.17 bits per heavy atom. The number of alkyl halides is 1. The van der Waals surface area contributed by atoms with Crippen molar-refractivity contribution in [3.8, 4) is 0 Å². The van der Waals surface area contributed by atoms with Crippen LogP contribution in [-0.2, 0) is 15.9 Å². The number of hydrogen-bond acceptors (Lipinski definition) is 4. The SMILES string of the molecule is [N-]=[N+]=N[C@@H](Cc1ccccc1)C(CBr)OC1CCCC(CO)O1. The van der Waals surface area contributed by atoms with Crippen LogP contribution in [0.4, 0.5) is 0 Å². The van der Waals surface area contributed by atoms with E-state index in [2.05, 4.69) is 26.0 Å². The molecule has 1 aliphatic rings. The number of benzene rings is 1. The van der Waals surface area contributed by atoms with Gasteiger partial charge < -0.3 is 14.6 Å². The van der Waals surface area contributed by atoms with Crippen molar-refractivity contribution in [2.24, 2.45) is 5.11 Å². The Kier molecular flexibility index (Phi) is 7.85. The van der Waals surface area contributed by atoms with Crippen molar-refractivity contribution in [3.05, 3.63) is 46.3 Å². The topological polar surface area (TPSA) is 87.5 Å². The molecule has 1 aromatic rings. The summed E-state index contributed by atoms with van der Waals surface area (Å²) in [6.45, 7) is 0.00261. The highest BCUT2D eigenvalue weighted by atomic mass is 79.9. The maximum Gasteiger partial charge on any atom is 0.158 e. The lowest BCUT2D eigenvalue weighted by molar-refractivity contribution is -0.219. The Morgan fingerprint density at radius 3 is 2.83 bits per heavy atom. The van der Waals surface area contributed by atoms with Gasteiger partial charge in [0.2, 0.25) is 0 Å². The van der Waals surface area contributed by atoms with Crippen LogP contribution in [0.1, 0.15) is 24.8 Å². The number of azide groups is 1. The number of rotatable bonds is 8. The van der Waals surface area contributed by atoms with Crippen LogP contribution >= 0.6 is 15.9 Å². The molecule has 0 saturated carbocycles. The van der Waals surface area contributed by atoms with Gasteiger partial charge in [0.15, 0.2) is 6.29 Å². The largest absolute Gasteiger partial charge is 0.394 e. The Labute approximate surface area is 144 Å². The first kappa shape index (κ1) is 18.2. The van der Waals surface area contributed by atoms with E-state index in [1.54, 1.807) is 0 Å². The molecule has 1 heterocycles. The van der Waals surface area contributed by atoms with Crippen molar-refractivity contribution >= 4 is 15.9 Å². The molecule has 7 heteroatoms. The first-order valence-electron chi connectivity index (χ1n) is 7.82. The van der Waals surface area contributed by atoms with Gasteiger partial charge in [-0.1, -0.05) is 51.4 Å². The predicted molar refractivity (Wildman–Crippen MR) is 91.3 cm³/mol. The van der Waals surface area contributed by atoms with Gasteiger partial charge in [-0.15, -0.1) is 0 Å². The second-order valence-electron chi connectivity index (χ2n) is 5.59. The van der Waals surface area contributed by atoms with Crippen molar-refractivity contribution in [3.63, 3.8) is 0 Å². The van der Waals surface area contributed by atoms with Gasteiger partial charge in [-0.05, 0) is 36.8 Å². The summed E-state index contributed by atoms with van der Waals surface area (Å²) in [6.07, 6.45) is 2.38. The fourth-order valence-corrected chi connectivity index (χ4v) is 3.27. The standard InChI is InChI=1S/C16H22BrN3O3/c17-10-15(23-16-8-4-7-13(11-21)22-16)14(19-20-18)9-12-5-2-1-3-6-12/h1-3,5-6,13-16,21H,4,7-11H2/t13?,14-,15?,16?/m0/s1. The van der Waals surface area contributed by atoms with Gasteiger partial charge in [0.25, 0.3) is 0 Å². The van der Waals surface area contributed by atoms with Crippen LogP contribution in [-0.4, -0.2) is 41.6 Å². The minimum absolute atomic E-state index is 0.00261. The third-order valence-corrected chi connectivity index (χ3v) is 4.55. The minimum Gasteiger partial charge on any atom is -0.394 e. The summed E-state index contributed by atoms with van der Waals surface area (Å²) in [5.74, 6) is 0. The summed E-state index contributed by atoms with van der Waals surface area (Å²) in [4.78, 5) is 2.97. The summed E-state index contributed by atoms with van der Waals surface area (Å²) in [5, 5.41) is 13.7. The van der Waals surface area contributed by atoms with Crippen LogP contribution in [0.15, 0.2) is 35.4 Å². The van der Waals surface area contributed by atoms with Crippen LogP contribution in [0.2, 0.25) is 0 Å². The zero-order valence-corrected chi connectivity index (χ0v) is 14.5. The molecule has 0 aromatic heterocycles. The summed E-state index contributed by atoms with van der Waals surface area (Å²) in [7, 11) is 0. The van der Waals surface area contributed by atoms with Crippen LogP contribution < -0.4 is 0 Å². The minimum atomic E-state index is -0.365. The van der Waals surface area contributed by atoms with E-state index in [-0.39, 0.29) is 31.1 Å². The van der Waals surface area contributed by atoms with Crippen molar-refractivity contribution in [2.45, 2.75) is 50.2 Å². The van der Waals surface area contributed by atoms with Crippen molar-refractivity contribution in [1.82, 2.24) is 0 Å². The first-order chi connectivity index (χ1) is 11.3. The third-order valence-electron chi connectivity index (χ3n) is 3.91. The number of aliphatic hydroxyl groups is 1. The van der Waals surface area contributed by atoms with E-state index >= 15 is 0 Å². The third kappa shape index (κ3) is 5.79. The van der Waals surface area contributed by atoms with Gasteiger partial charge in [0.05, 0.1) is 24.9 Å². The number of aliphatic hydroxyl groups excluding tert-OH is 1. The van der Waals surface area contributed by atoms with E-state index in [0.717, 1.165) is 24.8 Å². The van der Waals surface area contributed by atoms with Crippen molar-refractivity contribution in [2.75, 3.05) is 11.9 Å². The molecule has 6 nitrogen and oxygen atoms in total. The molecule has 0 amide bonds. The summed E-state index contributed by atoms with van der Waals surface area (Å²) >= 11 is 3.45. The molecule has 1 saturated heterocycles. The lowest BCUT2D eigenvalue weighted by Crippen LogP contribution is -2.39. The molecular formula is C16H22BrN3O3. The van der Waals surface area contributed by atoms with Gasteiger partial charge >= 0.3 is 0 Å². The highest BCUT2D eigenvalue weighted by Gasteiger charge is 2.28. The van der Waals surface area contributed by atoms with E-state index in [0.29, 0.717) is 11.8 Å². The lowest BCUT2D eigenvalue weighted by atomic mass is 10.0. The van der Waals surface area contributed by atoms with Gasteiger partial charge in [0.1, 0.15) is 0 Å². The highest BCUT2D eigenvalue weighted by molar-refractivity contribution is 9.09. The molecule has 0 spiro atoms. The smallest absolute Gasteiger partial charge is 0.158 e. The van der Waals surface area contributed by atoms with Crippen LogP contribution in [0.5, 0.6) is 0 Å². The fourth-order valence-electron chi connectivity index (χ4n) is 2.69. The van der Waals surface area contributed by atoms with E-state index in [1.165, 1.54) is 0 Å². The average Bonchev–Trinajstić information content (AvgIpc) is 2.60. The Morgan fingerprint density at radius 1 is 1.39 bits per heavy atom.